The number of benzene rings is 2. The highest BCUT2D eigenvalue weighted by atomic mass is 16.2. The van der Waals surface area contributed by atoms with Gasteiger partial charge in [0.2, 0.25) is 11.8 Å². The van der Waals surface area contributed by atoms with E-state index in [1.54, 1.807) is 11.9 Å². The van der Waals surface area contributed by atoms with E-state index in [2.05, 4.69) is 15.3 Å². The first kappa shape index (κ1) is 16.3. The zero-order valence-corrected chi connectivity index (χ0v) is 14.5. The van der Waals surface area contributed by atoms with Crippen molar-refractivity contribution < 1.29 is 9.59 Å². The van der Waals surface area contributed by atoms with Crippen LogP contribution in [0.25, 0.3) is 11.0 Å². The lowest BCUT2D eigenvalue weighted by Gasteiger charge is -2.19. The molecule has 6 heteroatoms. The third-order valence-electron chi connectivity index (χ3n) is 4.81. The normalized spacial score (nSPS) is 18.3. The number of amides is 2. The maximum absolute atomic E-state index is 12.8. The van der Waals surface area contributed by atoms with Gasteiger partial charge < -0.3 is 15.2 Å². The molecule has 2 unspecified atom stereocenters. The fourth-order valence-electron chi connectivity index (χ4n) is 3.36. The summed E-state index contributed by atoms with van der Waals surface area (Å²) in [5.74, 6) is 0.230. The lowest BCUT2D eigenvalue weighted by Crippen LogP contribution is -2.36. The maximum Gasteiger partial charge on any atom is 0.226 e. The Morgan fingerprint density at radius 3 is 2.62 bits per heavy atom. The summed E-state index contributed by atoms with van der Waals surface area (Å²) < 4.78 is 0. The van der Waals surface area contributed by atoms with E-state index in [0.29, 0.717) is 12.4 Å². The molecule has 0 radical (unpaired) electrons. The van der Waals surface area contributed by atoms with Crippen molar-refractivity contribution in [1.29, 1.82) is 0 Å². The van der Waals surface area contributed by atoms with Crippen LogP contribution in [-0.4, -0.2) is 40.3 Å². The first-order chi connectivity index (χ1) is 12.6. The van der Waals surface area contributed by atoms with Gasteiger partial charge in [-0.25, -0.2) is 4.98 Å². The molecule has 1 aliphatic heterocycles. The minimum absolute atomic E-state index is 0.00477. The van der Waals surface area contributed by atoms with Gasteiger partial charge in [-0.1, -0.05) is 42.5 Å². The van der Waals surface area contributed by atoms with Crippen LogP contribution in [0.15, 0.2) is 54.6 Å². The molecule has 2 amide bonds. The summed E-state index contributed by atoms with van der Waals surface area (Å²) in [6.45, 7) is 0.451. The Kier molecular flexibility index (Phi) is 4.16. The van der Waals surface area contributed by atoms with Crippen molar-refractivity contribution in [3.05, 3.63) is 66.0 Å². The van der Waals surface area contributed by atoms with Gasteiger partial charge >= 0.3 is 0 Å². The number of aromatic nitrogens is 2. The Hall–Kier alpha value is -3.15. The minimum atomic E-state index is -0.392. The number of hydrogen-bond donors (Lipinski definition) is 2. The van der Waals surface area contributed by atoms with Crippen molar-refractivity contribution in [3.8, 4) is 0 Å². The summed E-state index contributed by atoms with van der Waals surface area (Å²) in [6, 6.07) is 17.1. The van der Waals surface area contributed by atoms with Gasteiger partial charge in [0, 0.05) is 20.0 Å². The number of imidazole rings is 1. The van der Waals surface area contributed by atoms with Gasteiger partial charge in [-0.2, -0.15) is 0 Å². The Bertz CT molecular complexity index is 918. The first-order valence-electron chi connectivity index (χ1n) is 8.66. The Balaban J connectivity index is 1.65. The standard InChI is InChI=1S/C20H20N4O2/c1-24-12-14(11-17(24)25)20(26)23-18(13-7-3-2-4-8-13)19-21-15-9-5-6-10-16(15)22-19/h2-10,14,18H,11-12H2,1H3,(H,21,22)(H,23,26). The SMILES string of the molecule is CN1CC(C(=O)NC(c2ccccc2)c2nc3ccccc3[nH]2)CC1=O. The maximum atomic E-state index is 12.8. The van der Waals surface area contributed by atoms with Crippen LogP contribution in [0.3, 0.4) is 0 Å². The summed E-state index contributed by atoms with van der Waals surface area (Å²) in [6.07, 6.45) is 0.254. The van der Waals surface area contributed by atoms with Gasteiger partial charge in [-0.05, 0) is 17.7 Å². The molecule has 3 aromatic rings. The van der Waals surface area contributed by atoms with Crippen LogP contribution in [0.4, 0.5) is 0 Å². The van der Waals surface area contributed by atoms with Crippen LogP contribution in [0.2, 0.25) is 0 Å². The number of nitrogens with zero attached hydrogens (tertiary/aromatic N) is 2. The third-order valence-corrected chi connectivity index (χ3v) is 4.81. The Morgan fingerprint density at radius 2 is 1.92 bits per heavy atom. The summed E-state index contributed by atoms with van der Waals surface area (Å²) in [7, 11) is 1.73. The Labute approximate surface area is 151 Å². The van der Waals surface area contributed by atoms with E-state index in [1.807, 2.05) is 54.6 Å². The van der Waals surface area contributed by atoms with Crippen LogP contribution in [0, 0.1) is 5.92 Å². The fourth-order valence-corrected chi connectivity index (χ4v) is 3.36. The molecule has 0 saturated carbocycles. The molecule has 26 heavy (non-hydrogen) atoms. The molecule has 1 aromatic heterocycles. The van der Waals surface area contributed by atoms with Crippen LogP contribution in [-0.2, 0) is 9.59 Å². The predicted octanol–water partition coefficient (Wildman–Crippen LogP) is 2.25. The average Bonchev–Trinajstić information content (AvgIpc) is 3.23. The molecular formula is C20H20N4O2. The summed E-state index contributed by atoms with van der Waals surface area (Å²) in [4.78, 5) is 34.1. The lowest BCUT2D eigenvalue weighted by atomic mass is 10.0. The van der Waals surface area contributed by atoms with Crippen molar-refractivity contribution in [2.24, 2.45) is 5.92 Å². The average molecular weight is 348 g/mol. The minimum Gasteiger partial charge on any atom is -0.345 e. The topological polar surface area (TPSA) is 78.1 Å². The van der Waals surface area contributed by atoms with E-state index in [9.17, 15) is 9.59 Å². The van der Waals surface area contributed by atoms with Crippen molar-refractivity contribution in [2.45, 2.75) is 12.5 Å². The number of fused-ring (bicyclic) bond motifs is 1. The molecule has 1 aliphatic rings. The summed E-state index contributed by atoms with van der Waals surface area (Å²) in [5.41, 5.74) is 2.72. The fraction of sp³-hybridized carbons (Fsp3) is 0.250. The molecule has 0 spiro atoms. The highest BCUT2D eigenvalue weighted by Gasteiger charge is 2.33. The summed E-state index contributed by atoms with van der Waals surface area (Å²) >= 11 is 0. The third kappa shape index (κ3) is 3.06. The van der Waals surface area contributed by atoms with Crippen molar-refractivity contribution in [3.63, 3.8) is 0 Å². The molecule has 132 valence electrons. The number of rotatable bonds is 4. The second kappa shape index (κ2) is 6.63. The zero-order valence-electron chi connectivity index (χ0n) is 14.5. The highest BCUT2D eigenvalue weighted by Crippen LogP contribution is 2.24. The van der Waals surface area contributed by atoms with Crippen molar-refractivity contribution >= 4 is 22.8 Å². The molecule has 2 aromatic carbocycles. The smallest absolute Gasteiger partial charge is 0.226 e. The number of carbonyl (C=O) groups excluding carboxylic acids is 2. The predicted molar refractivity (Wildman–Crippen MR) is 98.3 cm³/mol. The molecule has 0 bridgehead atoms. The van der Waals surface area contributed by atoms with Gasteiger partial charge in [0.1, 0.15) is 11.9 Å². The monoisotopic (exact) mass is 348 g/mol. The van der Waals surface area contributed by atoms with E-state index in [1.165, 1.54) is 0 Å². The second-order valence-corrected chi connectivity index (χ2v) is 6.67. The van der Waals surface area contributed by atoms with Gasteiger partial charge in [0.05, 0.1) is 17.0 Å². The van der Waals surface area contributed by atoms with E-state index in [4.69, 9.17) is 0 Å². The largest absolute Gasteiger partial charge is 0.345 e. The van der Waals surface area contributed by atoms with Crippen LogP contribution >= 0.6 is 0 Å². The highest BCUT2D eigenvalue weighted by molar-refractivity contribution is 5.89. The number of H-pyrrole nitrogens is 1. The van der Waals surface area contributed by atoms with Gasteiger partial charge in [0.15, 0.2) is 0 Å². The van der Waals surface area contributed by atoms with Crippen molar-refractivity contribution in [2.75, 3.05) is 13.6 Å². The Morgan fingerprint density at radius 1 is 1.19 bits per heavy atom. The number of aromatic amines is 1. The summed E-state index contributed by atoms with van der Waals surface area (Å²) in [5, 5.41) is 3.08. The zero-order chi connectivity index (χ0) is 18.1. The number of hydrogen-bond acceptors (Lipinski definition) is 3. The van der Waals surface area contributed by atoms with E-state index in [0.717, 1.165) is 16.6 Å². The van der Waals surface area contributed by atoms with E-state index in [-0.39, 0.29) is 24.2 Å². The number of para-hydroxylation sites is 2. The van der Waals surface area contributed by atoms with Gasteiger partial charge in [0.25, 0.3) is 0 Å². The number of carbonyl (C=O) groups is 2. The molecule has 4 rings (SSSR count). The molecule has 1 fully saturated rings. The van der Waals surface area contributed by atoms with Gasteiger partial charge in [-0.3, -0.25) is 9.59 Å². The molecule has 2 N–H and O–H groups in total. The second-order valence-electron chi connectivity index (χ2n) is 6.67. The van der Waals surface area contributed by atoms with Crippen LogP contribution < -0.4 is 5.32 Å². The van der Waals surface area contributed by atoms with Crippen molar-refractivity contribution in [1.82, 2.24) is 20.2 Å². The first-order valence-corrected chi connectivity index (χ1v) is 8.66. The molecule has 6 nitrogen and oxygen atoms in total. The quantitative estimate of drug-likeness (QED) is 0.759. The molecule has 0 aliphatic carbocycles. The van der Waals surface area contributed by atoms with E-state index >= 15 is 0 Å². The van der Waals surface area contributed by atoms with Gasteiger partial charge in [-0.15, -0.1) is 0 Å². The van der Waals surface area contributed by atoms with E-state index < -0.39 is 6.04 Å². The molecule has 2 heterocycles. The van der Waals surface area contributed by atoms with Crippen LogP contribution in [0.5, 0.6) is 0 Å². The molecule has 2 atom stereocenters. The lowest BCUT2D eigenvalue weighted by molar-refractivity contribution is -0.128. The molecular weight excluding hydrogens is 328 g/mol. The molecule has 1 saturated heterocycles. The number of nitrogens with one attached hydrogen (secondary N) is 2. The number of likely N-dealkylation sites (tertiary alicyclic amines) is 1. The van der Waals surface area contributed by atoms with Crippen LogP contribution in [0.1, 0.15) is 23.9 Å².